The molecule has 0 spiro atoms. The molecule has 1 aromatic carbocycles. The number of benzene rings is 1. The molecule has 1 unspecified atom stereocenters. The molecule has 2 nitrogen and oxygen atoms in total. The Morgan fingerprint density at radius 3 is 2.83 bits per heavy atom. The minimum atomic E-state index is 0.179. The molecule has 0 radical (unpaired) electrons. The largest absolute Gasteiger partial charge is 0.329 e. The van der Waals surface area contributed by atoms with Crippen molar-refractivity contribution in [3.63, 3.8) is 0 Å². The molecule has 0 aliphatic heterocycles. The third-order valence-electron chi connectivity index (χ3n) is 3.74. The van der Waals surface area contributed by atoms with Crippen LogP contribution in [-0.4, -0.2) is 13.1 Å². The predicted molar refractivity (Wildman–Crippen MR) is 80.9 cm³/mol. The van der Waals surface area contributed by atoms with E-state index in [-0.39, 0.29) is 6.04 Å². The Kier molecular flexibility index (Phi) is 5.49. The van der Waals surface area contributed by atoms with Crippen molar-refractivity contribution in [2.45, 2.75) is 31.7 Å². The van der Waals surface area contributed by atoms with Crippen molar-refractivity contribution in [2.24, 2.45) is 11.7 Å². The van der Waals surface area contributed by atoms with Crippen molar-refractivity contribution in [1.29, 1.82) is 0 Å². The normalized spacial score (nSPS) is 17.5. The number of rotatable bonds is 6. The van der Waals surface area contributed by atoms with Crippen LogP contribution in [0.25, 0.3) is 0 Å². The van der Waals surface area contributed by atoms with Gasteiger partial charge in [-0.05, 0) is 42.6 Å². The maximum Gasteiger partial charge on any atom is 0.0456 e. The molecule has 1 aliphatic carbocycles. The summed E-state index contributed by atoms with van der Waals surface area (Å²) < 4.78 is 1.07. The van der Waals surface area contributed by atoms with Gasteiger partial charge in [0.25, 0.3) is 0 Å². The minimum Gasteiger partial charge on any atom is -0.329 e. The highest BCUT2D eigenvalue weighted by Crippen LogP contribution is 2.30. The van der Waals surface area contributed by atoms with Crippen LogP contribution in [0.15, 0.2) is 22.7 Å². The second kappa shape index (κ2) is 6.90. The van der Waals surface area contributed by atoms with Crippen LogP contribution in [0, 0.1) is 5.92 Å². The zero-order valence-electron chi connectivity index (χ0n) is 10.5. The highest BCUT2D eigenvalue weighted by Gasteiger charge is 2.18. The second-order valence-corrected chi connectivity index (χ2v) is 6.28. The second-order valence-electron chi connectivity index (χ2n) is 4.99. The van der Waals surface area contributed by atoms with Gasteiger partial charge in [0, 0.05) is 22.1 Å². The van der Waals surface area contributed by atoms with E-state index in [1.165, 1.54) is 25.7 Å². The van der Waals surface area contributed by atoms with Gasteiger partial charge in [-0.15, -0.1) is 0 Å². The molecule has 4 heteroatoms. The lowest BCUT2D eigenvalue weighted by molar-refractivity contribution is 0.288. The van der Waals surface area contributed by atoms with Crippen LogP contribution < -0.4 is 11.1 Å². The van der Waals surface area contributed by atoms with E-state index in [1.54, 1.807) is 0 Å². The minimum absolute atomic E-state index is 0.179. The van der Waals surface area contributed by atoms with Gasteiger partial charge in [-0.2, -0.15) is 0 Å². The number of nitrogens with two attached hydrogens (primary N) is 1. The molecule has 0 amide bonds. The van der Waals surface area contributed by atoms with Crippen molar-refractivity contribution in [2.75, 3.05) is 13.1 Å². The number of nitrogens with one attached hydrogen (secondary N) is 1. The number of halogens is 2. The Morgan fingerprint density at radius 2 is 2.22 bits per heavy atom. The summed E-state index contributed by atoms with van der Waals surface area (Å²) in [5.74, 6) is 0.929. The molecule has 0 heterocycles. The SMILES string of the molecule is NCC(NCCC1CCC1)c1cc(Cl)ccc1Br. The average molecular weight is 332 g/mol. The van der Waals surface area contributed by atoms with Crippen molar-refractivity contribution in [1.82, 2.24) is 5.32 Å². The van der Waals surface area contributed by atoms with Crippen LogP contribution in [0.1, 0.15) is 37.3 Å². The fraction of sp³-hybridized carbons (Fsp3) is 0.571. The van der Waals surface area contributed by atoms with E-state index in [1.807, 2.05) is 18.2 Å². The van der Waals surface area contributed by atoms with Gasteiger partial charge >= 0.3 is 0 Å². The molecule has 1 fully saturated rings. The van der Waals surface area contributed by atoms with Gasteiger partial charge in [0.15, 0.2) is 0 Å². The number of hydrogen-bond donors (Lipinski definition) is 2. The summed E-state index contributed by atoms with van der Waals surface area (Å²) >= 11 is 9.61. The summed E-state index contributed by atoms with van der Waals surface area (Å²) in [6.45, 7) is 1.62. The Labute approximate surface area is 122 Å². The summed E-state index contributed by atoms with van der Waals surface area (Å²) in [6, 6.07) is 6.03. The van der Waals surface area contributed by atoms with Gasteiger partial charge in [0.05, 0.1) is 0 Å². The van der Waals surface area contributed by atoms with Crippen LogP contribution in [0.4, 0.5) is 0 Å². The summed E-state index contributed by atoms with van der Waals surface area (Å²) in [7, 11) is 0. The average Bonchev–Trinajstić information content (AvgIpc) is 2.31. The first kappa shape index (κ1) is 14.3. The highest BCUT2D eigenvalue weighted by molar-refractivity contribution is 9.10. The summed E-state index contributed by atoms with van der Waals surface area (Å²) in [6.07, 6.45) is 5.46. The molecular weight excluding hydrogens is 312 g/mol. The molecule has 1 aliphatic rings. The van der Waals surface area contributed by atoms with E-state index in [2.05, 4.69) is 21.2 Å². The first-order valence-corrected chi connectivity index (χ1v) is 7.76. The zero-order valence-corrected chi connectivity index (χ0v) is 12.8. The standard InChI is InChI=1S/C14H20BrClN2/c15-13-5-4-11(16)8-12(13)14(9-17)18-7-6-10-2-1-3-10/h4-5,8,10,14,18H,1-3,6-7,9,17H2. The Balaban J connectivity index is 1.91. The summed E-state index contributed by atoms with van der Waals surface area (Å²) in [4.78, 5) is 0. The molecule has 0 aromatic heterocycles. The Morgan fingerprint density at radius 1 is 1.44 bits per heavy atom. The maximum atomic E-state index is 6.04. The lowest BCUT2D eigenvalue weighted by atomic mass is 9.83. The summed E-state index contributed by atoms with van der Waals surface area (Å²) in [5.41, 5.74) is 7.01. The van der Waals surface area contributed by atoms with Crippen LogP contribution in [0.2, 0.25) is 5.02 Å². The molecule has 3 N–H and O–H groups in total. The van der Waals surface area contributed by atoms with E-state index in [0.717, 1.165) is 27.5 Å². The Bertz CT molecular complexity index is 393. The molecule has 100 valence electrons. The van der Waals surface area contributed by atoms with Crippen LogP contribution >= 0.6 is 27.5 Å². The number of hydrogen-bond acceptors (Lipinski definition) is 2. The molecule has 1 atom stereocenters. The van der Waals surface area contributed by atoms with Gasteiger partial charge in [0.2, 0.25) is 0 Å². The van der Waals surface area contributed by atoms with Crippen LogP contribution in [0.5, 0.6) is 0 Å². The smallest absolute Gasteiger partial charge is 0.0456 e. The van der Waals surface area contributed by atoms with E-state index in [0.29, 0.717) is 6.54 Å². The topological polar surface area (TPSA) is 38.0 Å². The predicted octanol–water partition coefficient (Wildman–Crippen LogP) is 3.88. The van der Waals surface area contributed by atoms with Crippen molar-refractivity contribution in [3.05, 3.63) is 33.3 Å². The molecule has 1 aromatic rings. The van der Waals surface area contributed by atoms with Crippen molar-refractivity contribution in [3.8, 4) is 0 Å². The molecule has 0 bridgehead atoms. The first-order chi connectivity index (χ1) is 8.70. The maximum absolute atomic E-state index is 6.04. The van der Waals surface area contributed by atoms with Crippen molar-refractivity contribution >= 4 is 27.5 Å². The van der Waals surface area contributed by atoms with Gasteiger partial charge in [-0.1, -0.05) is 46.8 Å². The third kappa shape index (κ3) is 3.70. The molecule has 1 saturated carbocycles. The van der Waals surface area contributed by atoms with Crippen molar-refractivity contribution < 1.29 is 0 Å². The Hall–Kier alpha value is -0.0900. The highest BCUT2D eigenvalue weighted by atomic mass is 79.9. The molecule has 0 saturated heterocycles. The third-order valence-corrected chi connectivity index (χ3v) is 4.69. The van der Waals surface area contributed by atoms with E-state index in [9.17, 15) is 0 Å². The van der Waals surface area contributed by atoms with Gasteiger partial charge < -0.3 is 11.1 Å². The lowest BCUT2D eigenvalue weighted by Gasteiger charge is -2.26. The van der Waals surface area contributed by atoms with E-state index < -0.39 is 0 Å². The van der Waals surface area contributed by atoms with Crippen LogP contribution in [0.3, 0.4) is 0 Å². The fourth-order valence-corrected chi connectivity index (χ4v) is 3.05. The lowest BCUT2D eigenvalue weighted by Crippen LogP contribution is -2.31. The monoisotopic (exact) mass is 330 g/mol. The van der Waals surface area contributed by atoms with Gasteiger partial charge in [0.1, 0.15) is 0 Å². The molecule has 2 rings (SSSR count). The van der Waals surface area contributed by atoms with Crippen LogP contribution in [-0.2, 0) is 0 Å². The summed E-state index contributed by atoms with van der Waals surface area (Å²) in [5, 5.41) is 4.30. The van der Waals surface area contributed by atoms with E-state index in [4.69, 9.17) is 17.3 Å². The fourth-order valence-electron chi connectivity index (χ4n) is 2.35. The quantitative estimate of drug-likeness (QED) is 0.830. The zero-order chi connectivity index (χ0) is 13.0. The molecular formula is C14H20BrClN2. The molecule has 18 heavy (non-hydrogen) atoms. The van der Waals surface area contributed by atoms with Gasteiger partial charge in [-0.3, -0.25) is 0 Å². The van der Waals surface area contributed by atoms with E-state index >= 15 is 0 Å². The first-order valence-electron chi connectivity index (χ1n) is 6.59. The van der Waals surface area contributed by atoms with Gasteiger partial charge in [-0.25, -0.2) is 0 Å².